The van der Waals surface area contributed by atoms with Gasteiger partial charge in [0.05, 0.1) is 12.6 Å². The predicted molar refractivity (Wildman–Crippen MR) is 125 cm³/mol. The Hall–Kier alpha value is -2.43. The summed E-state index contributed by atoms with van der Waals surface area (Å²) in [6.07, 6.45) is 1.93. The first-order valence-electron chi connectivity index (χ1n) is 9.41. The number of hydrogen-bond donors (Lipinski definition) is 0. The Morgan fingerprint density at radius 2 is 1.66 bits per heavy atom. The molecule has 150 valence electrons. The molecule has 0 aliphatic rings. The van der Waals surface area contributed by atoms with Gasteiger partial charge in [0.2, 0.25) is 0 Å². The van der Waals surface area contributed by atoms with Gasteiger partial charge in [-0.1, -0.05) is 54.2 Å². The van der Waals surface area contributed by atoms with E-state index in [1.807, 2.05) is 18.3 Å². The van der Waals surface area contributed by atoms with Crippen molar-refractivity contribution in [1.29, 1.82) is 0 Å². The van der Waals surface area contributed by atoms with Crippen LogP contribution in [0.3, 0.4) is 0 Å². The van der Waals surface area contributed by atoms with Crippen molar-refractivity contribution in [1.82, 2.24) is 9.55 Å². The Kier molecular flexibility index (Phi) is 6.88. The van der Waals surface area contributed by atoms with Crippen LogP contribution in [0.4, 0.5) is 0 Å². The highest BCUT2D eigenvalue weighted by molar-refractivity contribution is 7.98. The number of hydrogen-bond acceptors (Lipinski definition) is 3. The molecule has 0 saturated heterocycles. The minimum absolute atomic E-state index is 0. The molecule has 0 spiro atoms. The van der Waals surface area contributed by atoms with E-state index in [0.29, 0.717) is 0 Å². The van der Waals surface area contributed by atoms with E-state index in [1.165, 1.54) is 33.3 Å². The number of rotatable bonds is 6. The lowest BCUT2D eigenvalue weighted by atomic mass is 10.2. The maximum Gasteiger partial charge on any atom is 0.121 e. The Morgan fingerprint density at radius 3 is 2.34 bits per heavy atom. The largest absolute Gasteiger partial charge is 0.497 e. The van der Waals surface area contributed by atoms with Crippen LogP contribution in [-0.4, -0.2) is 16.7 Å². The molecule has 0 aliphatic heterocycles. The van der Waals surface area contributed by atoms with Gasteiger partial charge in [0, 0.05) is 29.6 Å². The van der Waals surface area contributed by atoms with Crippen LogP contribution in [0, 0.1) is 13.8 Å². The average Bonchev–Trinajstić information content (AvgIpc) is 2.99. The third-order valence-corrected chi connectivity index (χ3v) is 6.28. The average molecular weight is 425 g/mol. The molecule has 4 aromatic rings. The van der Waals surface area contributed by atoms with Gasteiger partial charge in [-0.3, -0.25) is 0 Å². The van der Waals surface area contributed by atoms with Gasteiger partial charge >= 0.3 is 0 Å². The van der Waals surface area contributed by atoms with E-state index in [4.69, 9.17) is 9.72 Å². The lowest BCUT2D eigenvalue weighted by molar-refractivity contribution is 0.414. The number of aromatic nitrogens is 2. The van der Waals surface area contributed by atoms with E-state index >= 15 is 0 Å². The number of halogens is 1. The van der Waals surface area contributed by atoms with Crippen LogP contribution in [0.15, 0.2) is 71.9 Å². The second kappa shape index (κ2) is 9.38. The summed E-state index contributed by atoms with van der Waals surface area (Å²) in [7, 11) is 1.69. The highest BCUT2D eigenvalue weighted by Gasteiger charge is 2.16. The lowest BCUT2D eigenvalue weighted by Gasteiger charge is -2.11. The summed E-state index contributed by atoms with van der Waals surface area (Å²) in [5, 5.41) is 2.38. The first-order chi connectivity index (χ1) is 13.7. The molecule has 29 heavy (non-hydrogen) atoms. The smallest absolute Gasteiger partial charge is 0.121 e. The molecule has 0 aliphatic carbocycles. The highest BCUT2D eigenvalue weighted by Crippen LogP contribution is 2.34. The van der Waals surface area contributed by atoms with E-state index in [2.05, 4.69) is 66.9 Å². The maximum atomic E-state index is 5.26. The fourth-order valence-electron chi connectivity index (χ4n) is 3.51. The molecule has 0 radical (unpaired) electrons. The van der Waals surface area contributed by atoms with Gasteiger partial charge in [0.1, 0.15) is 10.8 Å². The number of methoxy groups -OCH3 is 1. The number of benzene rings is 2. The number of ether oxygens (including phenoxy) is 1. The van der Waals surface area contributed by atoms with Crippen molar-refractivity contribution in [2.24, 2.45) is 0 Å². The van der Waals surface area contributed by atoms with Gasteiger partial charge in [-0.2, -0.15) is 0 Å². The van der Waals surface area contributed by atoms with Crippen molar-refractivity contribution < 1.29 is 4.74 Å². The SMILES string of the molecule is COc1ccc(CSc2nccc3c(C)c(C)n(Cc4ccccc4)c23)cc1.Cl. The summed E-state index contributed by atoms with van der Waals surface area (Å²) in [6, 6.07) is 21.0. The number of nitrogens with zero attached hydrogens (tertiary/aromatic N) is 2. The molecule has 2 aromatic heterocycles. The summed E-state index contributed by atoms with van der Waals surface area (Å²) in [5.74, 6) is 1.77. The summed E-state index contributed by atoms with van der Waals surface area (Å²) in [5.41, 5.74) is 6.44. The van der Waals surface area contributed by atoms with E-state index in [0.717, 1.165) is 23.1 Å². The van der Waals surface area contributed by atoms with Crippen LogP contribution < -0.4 is 4.74 Å². The van der Waals surface area contributed by atoms with Gasteiger partial charge in [-0.25, -0.2) is 4.98 Å². The van der Waals surface area contributed by atoms with Crippen molar-refractivity contribution in [2.45, 2.75) is 31.2 Å². The summed E-state index contributed by atoms with van der Waals surface area (Å²) < 4.78 is 7.66. The molecule has 0 unspecified atom stereocenters. The predicted octanol–water partition coefficient (Wildman–Crippen LogP) is 6.42. The van der Waals surface area contributed by atoms with Gasteiger partial charge in [-0.15, -0.1) is 12.4 Å². The highest BCUT2D eigenvalue weighted by atomic mass is 35.5. The zero-order valence-corrected chi connectivity index (χ0v) is 18.5. The Balaban J connectivity index is 0.00000240. The van der Waals surface area contributed by atoms with Crippen LogP contribution in [0.5, 0.6) is 5.75 Å². The van der Waals surface area contributed by atoms with Crippen LogP contribution >= 0.6 is 24.2 Å². The molecule has 0 saturated carbocycles. The minimum Gasteiger partial charge on any atom is -0.497 e. The Bertz CT molecular complexity index is 1090. The molecule has 0 N–H and O–H groups in total. The van der Waals surface area contributed by atoms with E-state index in [1.54, 1.807) is 18.9 Å². The number of thioether (sulfide) groups is 1. The quantitative estimate of drug-likeness (QED) is 0.334. The van der Waals surface area contributed by atoms with Crippen LogP contribution in [-0.2, 0) is 12.3 Å². The third-order valence-electron chi connectivity index (χ3n) is 5.23. The molecular formula is C24H25ClN2OS. The van der Waals surface area contributed by atoms with Crippen molar-refractivity contribution in [2.75, 3.05) is 7.11 Å². The molecule has 4 rings (SSSR count). The lowest BCUT2D eigenvalue weighted by Crippen LogP contribution is -2.03. The van der Waals surface area contributed by atoms with E-state index in [9.17, 15) is 0 Å². The van der Waals surface area contributed by atoms with E-state index < -0.39 is 0 Å². The normalized spacial score (nSPS) is 10.7. The van der Waals surface area contributed by atoms with Gasteiger partial charge in [-0.05, 0) is 48.7 Å². The Labute approximate surface area is 182 Å². The van der Waals surface area contributed by atoms with Crippen LogP contribution in [0.25, 0.3) is 10.9 Å². The van der Waals surface area contributed by atoms with Crippen molar-refractivity contribution >= 4 is 35.1 Å². The van der Waals surface area contributed by atoms with Crippen molar-refractivity contribution in [3.8, 4) is 5.75 Å². The minimum atomic E-state index is 0. The second-order valence-corrected chi connectivity index (χ2v) is 7.90. The van der Waals surface area contributed by atoms with E-state index in [-0.39, 0.29) is 12.4 Å². The summed E-state index contributed by atoms with van der Waals surface area (Å²) in [4.78, 5) is 4.73. The van der Waals surface area contributed by atoms with Crippen LogP contribution in [0.1, 0.15) is 22.4 Å². The molecule has 2 heterocycles. The van der Waals surface area contributed by atoms with Gasteiger partial charge in [0.15, 0.2) is 0 Å². The number of aryl methyl sites for hydroxylation is 1. The molecule has 2 aromatic carbocycles. The molecule has 3 nitrogen and oxygen atoms in total. The van der Waals surface area contributed by atoms with Gasteiger partial charge < -0.3 is 9.30 Å². The van der Waals surface area contributed by atoms with Crippen molar-refractivity contribution in [3.05, 3.63) is 89.2 Å². The monoisotopic (exact) mass is 424 g/mol. The standard InChI is InChI=1S/C24H24N2OS.ClH/c1-17-18(2)26(15-19-7-5-4-6-8-19)23-22(17)13-14-25-24(23)28-16-20-9-11-21(27-3)12-10-20;/h4-14H,15-16H2,1-3H3;1H. The topological polar surface area (TPSA) is 27.1 Å². The third kappa shape index (κ3) is 4.44. The zero-order valence-electron chi connectivity index (χ0n) is 16.9. The molecule has 5 heteroatoms. The maximum absolute atomic E-state index is 5.26. The van der Waals surface area contributed by atoms with Crippen LogP contribution in [0.2, 0.25) is 0 Å². The first kappa shape index (κ1) is 21.3. The first-order valence-corrected chi connectivity index (χ1v) is 10.4. The number of pyridine rings is 1. The fourth-order valence-corrected chi connectivity index (χ4v) is 4.49. The Morgan fingerprint density at radius 1 is 0.931 bits per heavy atom. The summed E-state index contributed by atoms with van der Waals surface area (Å²) >= 11 is 1.79. The molecule has 0 fully saturated rings. The van der Waals surface area contributed by atoms with Crippen molar-refractivity contribution in [3.63, 3.8) is 0 Å². The molecular weight excluding hydrogens is 400 g/mol. The molecule has 0 amide bonds. The molecule has 0 atom stereocenters. The van der Waals surface area contributed by atoms with Gasteiger partial charge in [0.25, 0.3) is 0 Å². The summed E-state index contributed by atoms with van der Waals surface area (Å²) in [6.45, 7) is 5.27. The zero-order chi connectivity index (χ0) is 19.5. The number of fused-ring (bicyclic) bond motifs is 1. The molecule has 0 bridgehead atoms. The fraction of sp³-hybridized carbons (Fsp3) is 0.208. The second-order valence-electron chi connectivity index (χ2n) is 6.93.